The van der Waals surface area contributed by atoms with Crippen LogP contribution in [0.5, 0.6) is 0 Å². The van der Waals surface area contributed by atoms with Crippen LogP contribution in [-0.2, 0) is 9.47 Å². The first-order chi connectivity index (χ1) is 14.1. The summed E-state index contributed by atoms with van der Waals surface area (Å²) in [4.78, 5) is 31.3. The summed E-state index contributed by atoms with van der Waals surface area (Å²) in [6, 6.07) is 3.92. The van der Waals surface area contributed by atoms with Crippen LogP contribution in [0, 0.1) is 12.8 Å². The lowest BCUT2D eigenvalue weighted by Gasteiger charge is -2.36. The molecule has 7 nitrogen and oxygen atoms in total. The number of carbonyl (C=O) groups excluding carboxylic acids is 2. The fourth-order valence-corrected chi connectivity index (χ4v) is 4.32. The van der Waals surface area contributed by atoms with Crippen LogP contribution in [0.1, 0.15) is 69.6 Å². The molecule has 30 heavy (non-hydrogen) atoms. The molecule has 0 aliphatic carbocycles. The Bertz CT molecular complexity index is 920. The predicted octanol–water partition coefficient (Wildman–Crippen LogP) is 4.73. The average Bonchev–Trinajstić information content (AvgIpc) is 2.98. The number of hydrogen-bond acceptors (Lipinski definition) is 5. The zero-order chi connectivity index (χ0) is 22.1. The summed E-state index contributed by atoms with van der Waals surface area (Å²) < 4.78 is 13.0. The molecule has 0 saturated carbocycles. The summed E-state index contributed by atoms with van der Waals surface area (Å²) in [7, 11) is 0. The van der Waals surface area contributed by atoms with E-state index in [2.05, 4.69) is 16.5 Å². The van der Waals surface area contributed by atoms with E-state index < -0.39 is 5.60 Å². The van der Waals surface area contributed by atoms with Gasteiger partial charge in [0.25, 0.3) is 0 Å². The molecular formula is C23H33N3O4. The third-order valence-corrected chi connectivity index (χ3v) is 5.77. The third-order valence-electron chi connectivity index (χ3n) is 5.77. The van der Waals surface area contributed by atoms with E-state index in [9.17, 15) is 9.59 Å². The number of fused-ring (bicyclic) bond motifs is 1. The van der Waals surface area contributed by atoms with Crippen molar-refractivity contribution in [1.82, 2.24) is 14.5 Å². The smallest absolute Gasteiger partial charge is 0.410 e. The summed E-state index contributed by atoms with van der Waals surface area (Å²) >= 11 is 0. The van der Waals surface area contributed by atoms with Crippen molar-refractivity contribution in [2.45, 2.75) is 66.0 Å². The van der Waals surface area contributed by atoms with Crippen molar-refractivity contribution in [2.75, 3.05) is 19.7 Å². The molecule has 0 radical (unpaired) electrons. The van der Waals surface area contributed by atoms with Crippen LogP contribution in [0.4, 0.5) is 4.79 Å². The largest absolute Gasteiger partial charge is 0.462 e. The highest BCUT2D eigenvalue weighted by molar-refractivity contribution is 6.05. The lowest BCUT2D eigenvalue weighted by atomic mass is 9.90. The fourth-order valence-electron chi connectivity index (χ4n) is 4.32. The Morgan fingerprint density at radius 2 is 1.93 bits per heavy atom. The summed E-state index contributed by atoms with van der Waals surface area (Å²) in [6.45, 7) is 13.3. The van der Waals surface area contributed by atoms with E-state index in [-0.39, 0.29) is 18.1 Å². The van der Waals surface area contributed by atoms with Gasteiger partial charge in [-0.2, -0.15) is 0 Å². The number of nitrogens with zero attached hydrogens (tertiary/aromatic N) is 3. The molecule has 1 amide bonds. The van der Waals surface area contributed by atoms with Gasteiger partial charge in [-0.15, -0.1) is 0 Å². The van der Waals surface area contributed by atoms with Gasteiger partial charge in [-0.25, -0.2) is 14.6 Å². The van der Waals surface area contributed by atoms with E-state index in [0.29, 0.717) is 31.2 Å². The number of amides is 1. The Morgan fingerprint density at radius 1 is 1.27 bits per heavy atom. The second-order valence-electron chi connectivity index (χ2n) is 8.97. The number of carbonyl (C=O) groups is 2. The number of pyridine rings is 1. The first-order valence-corrected chi connectivity index (χ1v) is 10.7. The Morgan fingerprint density at radius 3 is 2.53 bits per heavy atom. The standard InChI is InChI=1S/C23H33N3O4/c1-7-29-21(27)19-16(3)26(20-18(19)9-8-12-24-20)15(2)17-10-13-25(14-11-17)22(28)30-23(4,5)6/h8-9,12,15,17H,7,10-11,13-14H2,1-6H3/t15-/m1/s1. The van der Waals surface area contributed by atoms with Gasteiger partial charge in [0.15, 0.2) is 0 Å². The zero-order valence-electron chi connectivity index (χ0n) is 18.9. The number of rotatable bonds is 4. The first kappa shape index (κ1) is 22.1. The van der Waals surface area contributed by atoms with E-state index in [0.717, 1.165) is 29.6 Å². The molecule has 7 heteroatoms. The van der Waals surface area contributed by atoms with Gasteiger partial charge >= 0.3 is 12.1 Å². The molecule has 3 heterocycles. The lowest BCUT2D eigenvalue weighted by Crippen LogP contribution is -2.42. The molecule has 0 unspecified atom stereocenters. The van der Waals surface area contributed by atoms with Gasteiger partial charge in [-0.3, -0.25) is 0 Å². The topological polar surface area (TPSA) is 73.7 Å². The molecule has 164 valence electrons. The minimum atomic E-state index is -0.489. The molecule has 3 rings (SSSR count). The van der Waals surface area contributed by atoms with Crippen LogP contribution in [0.2, 0.25) is 0 Å². The second-order valence-corrected chi connectivity index (χ2v) is 8.97. The summed E-state index contributed by atoms with van der Waals surface area (Å²) in [5, 5.41) is 0.825. The zero-order valence-corrected chi connectivity index (χ0v) is 18.9. The van der Waals surface area contributed by atoms with Gasteiger partial charge in [0.2, 0.25) is 0 Å². The lowest BCUT2D eigenvalue weighted by molar-refractivity contribution is 0.0165. The minimum Gasteiger partial charge on any atom is -0.462 e. The Kier molecular flexibility index (Phi) is 6.38. The van der Waals surface area contributed by atoms with Crippen LogP contribution in [0.15, 0.2) is 18.3 Å². The molecule has 0 bridgehead atoms. The van der Waals surface area contributed by atoms with Crippen LogP contribution in [0.3, 0.4) is 0 Å². The summed E-state index contributed by atoms with van der Waals surface area (Å²) in [5.74, 6) is 0.0636. The number of piperidine rings is 1. The maximum absolute atomic E-state index is 12.6. The highest BCUT2D eigenvalue weighted by atomic mass is 16.6. The average molecular weight is 416 g/mol. The van der Waals surface area contributed by atoms with Crippen molar-refractivity contribution in [2.24, 2.45) is 5.92 Å². The number of esters is 1. The number of hydrogen-bond donors (Lipinski definition) is 0. The van der Waals surface area contributed by atoms with E-state index in [1.54, 1.807) is 11.1 Å². The Labute approximate surface area is 178 Å². The molecule has 0 aromatic carbocycles. The minimum absolute atomic E-state index is 0.145. The van der Waals surface area contributed by atoms with Gasteiger partial charge < -0.3 is 18.9 Å². The quantitative estimate of drug-likeness (QED) is 0.675. The van der Waals surface area contributed by atoms with Crippen LogP contribution < -0.4 is 0 Å². The maximum atomic E-state index is 12.6. The Balaban J connectivity index is 1.81. The molecule has 1 aliphatic heterocycles. The molecule has 2 aromatic rings. The van der Waals surface area contributed by atoms with Crippen molar-refractivity contribution in [3.8, 4) is 0 Å². The van der Waals surface area contributed by atoms with E-state index in [4.69, 9.17) is 9.47 Å². The monoisotopic (exact) mass is 415 g/mol. The molecule has 1 aliphatic rings. The summed E-state index contributed by atoms with van der Waals surface area (Å²) in [6.07, 6.45) is 3.26. The van der Waals surface area contributed by atoms with E-state index in [1.165, 1.54) is 0 Å². The first-order valence-electron chi connectivity index (χ1n) is 10.7. The van der Waals surface area contributed by atoms with Gasteiger partial charge in [0.05, 0.1) is 12.2 Å². The van der Waals surface area contributed by atoms with Gasteiger partial charge in [0.1, 0.15) is 11.2 Å². The number of aromatic nitrogens is 2. The van der Waals surface area contributed by atoms with E-state index in [1.807, 2.05) is 46.8 Å². The highest BCUT2D eigenvalue weighted by Crippen LogP contribution is 2.35. The van der Waals surface area contributed by atoms with Crippen LogP contribution >= 0.6 is 0 Å². The molecule has 1 saturated heterocycles. The van der Waals surface area contributed by atoms with Crippen molar-refractivity contribution < 1.29 is 19.1 Å². The number of likely N-dealkylation sites (tertiary alicyclic amines) is 1. The molecular weight excluding hydrogens is 382 g/mol. The Hall–Kier alpha value is -2.57. The normalized spacial score (nSPS) is 16.5. The van der Waals surface area contributed by atoms with Gasteiger partial charge in [-0.1, -0.05) is 0 Å². The van der Waals surface area contributed by atoms with E-state index >= 15 is 0 Å². The molecule has 0 spiro atoms. The van der Waals surface area contributed by atoms with Crippen molar-refractivity contribution in [3.05, 3.63) is 29.6 Å². The molecule has 1 fully saturated rings. The predicted molar refractivity (Wildman–Crippen MR) is 116 cm³/mol. The fraction of sp³-hybridized carbons (Fsp3) is 0.609. The second kappa shape index (κ2) is 8.66. The van der Waals surface area contributed by atoms with Gasteiger partial charge in [-0.05, 0) is 72.4 Å². The molecule has 0 N–H and O–H groups in total. The highest BCUT2D eigenvalue weighted by Gasteiger charge is 2.32. The van der Waals surface area contributed by atoms with Crippen LogP contribution in [-0.4, -0.2) is 51.8 Å². The summed E-state index contributed by atoms with van der Waals surface area (Å²) in [5.41, 5.74) is 1.79. The van der Waals surface area contributed by atoms with Crippen molar-refractivity contribution >= 4 is 23.1 Å². The molecule has 1 atom stereocenters. The number of ether oxygens (including phenoxy) is 2. The van der Waals surface area contributed by atoms with Crippen molar-refractivity contribution in [3.63, 3.8) is 0 Å². The SMILES string of the molecule is CCOC(=O)c1c(C)n([C@H](C)C2CCN(C(=O)OC(C)(C)C)CC2)c2ncccc12. The molecule has 2 aromatic heterocycles. The third kappa shape index (κ3) is 4.45. The maximum Gasteiger partial charge on any atom is 0.410 e. The van der Waals surface area contributed by atoms with Crippen molar-refractivity contribution in [1.29, 1.82) is 0 Å². The van der Waals surface area contributed by atoms with Gasteiger partial charge in [0, 0.05) is 36.4 Å². The van der Waals surface area contributed by atoms with Crippen LogP contribution in [0.25, 0.3) is 11.0 Å².